The number of nitrogens with one attached hydrogen (secondary N) is 1. The Labute approximate surface area is 124 Å². The van der Waals surface area contributed by atoms with E-state index in [1.54, 1.807) is 0 Å². The van der Waals surface area contributed by atoms with Crippen LogP contribution in [0, 0.1) is 0 Å². The Kier molecular flexibility index (Phi) is 6.06. The van der Waals surface area contributed by atoms with Crippen molar-refractivity contribution >= 4 is 0 Å². The van der Waals surface area contributed by atoms with E-state index in [9.17, 15) is 0 Å². The van der Waals surface area contributed by atoms with Crippen LogP contribution in [0.5, 0.6) is 0 Å². The fourth-order valence-electron chi connectivity index (χ4n) is 3.28. The van der Waals surface area contributed by atoms with Crippen LogP contribution in [0.1, 0.15) is 51.2 Å². The van der Waals surface area contributed by atoms with Gasteiger partial charge in [0.1, 0.15) is 0 Å². The lowest BCUT2D eigenvalue weighted by Gasteiger charge is -2.27. The molecule has 0 radical (unpaired) electrons. The van der Waals surface area contributed by atoms with E-state index < -0.39 is 0 Å². The minimum absolute atomic E-state index is 0.744. The molecule has 0 amide bonds. The second-order valence-electron chi connectivity index (χ2n) is 6.08. The van der Waals surface area contributed by atoms with Crippen LogP contribution in [0.25, 0.3) is 0 Å². The van der Waals surface area contributed by atoms with Crippen molar-refractivity contribution in [2.24, 2.45) is 0 Å². The van der Waals surface area contributed by atoms with E-state index in [2.05, 4.69) is 55.3 Å². The highest BCUT2D eigenvalue weighted by Gasteiger charge is 2.28. The Balaban J connectivity index is 1.89. The number of likely N-dealkylation sites (N-methyl/N-ethyl adjacent to an activating group) is 1. The lowest BCUT2D eigenvalue weighted by atomic mass is 10.1. The van der Waals surface area contributed by atoms with Gasteiger partial charge < -0.3 is 5.32 Å². The number of rotatable bonds is 7. The Morgan fingerprint density at radius 3 is 2.45 bits per heavy atom. The molecule has 0 aliphatic carbocycles. The lowest BCUT2D eigenvalue weighted by molar-refractivity contribution is 0.189. The summed E-state index contributed by atoms with van der Waals surface area (Å²) in [6.45, 7) is 10.1. The van der Waals surface area contributed by atoms with Gasteiger partial charge in [-0.15, -0.1) is 0 Å². The van der Waals surface area contributed by atoms with Gasteiger partial charge in [-0.3, -0.25) is 4.90 Å². The van der Waals surface area contributed by atoms with Gasteiger partial charge in [0.15, 0.2) is 0 Å². The van der Waals surface area contributed by atoms with Crippen molar-refractivity contribution in [2.75, 3.05) is 13.1 Å². The van der Waals surface area contributed by atoms with Gasteiger partial charge in [-0.05, 0) is 56.8 Å². The predicted molar refractivity (Wildman–Crippen MR) is 87.0 cm³/mol. The molecule has 2 unspecified atom stereocenters. The highest BCUT2D eigenvalue weighted by Crippen LogP contribution is 2.27. The van der Waals surface area contributed by atoms with Crippen LogP contribution in [-0.2, 0) is 13.0 Å². The summed E-state index contributed by atoms with van der Waals surface area (Å²) in [5.74, 6) is 0. The normalized spacial score (nSPS) is 23.4. The molecule has 2 nitrogen and oxygen atoms in total. The van der Waals surface area contributed by atoms with Gasteiger partial charge in [-0.1, -0.05) is 38.1 Å². The summed E-state index contributed by atoms with van der Waals surface area (Å²) in [6, 6.07) is 10.8. The zero-order valence-corrected chi connectivity index (χ0v) is 13.4. The highest BCUT2D eigenvalue weighted by molar-refractivity contribution is 5.23. The second kappa shape index (κ2) is 7.80. The molecule has 1 aromatic rings. The number of hydrogen-bond acceptors (Lipinski definition) is 2. The fraction of sp³-hybridized carbons (Fsp3) is 0.667. The molecule has 2 atom stereocenters. The number of nitrogens with zero attached hydrogens (tertiary/aromatic N) is 1. The molecular formula is C18H30N2. The van der Waals surface area contributed by atoms with E-state index in [0.29, 0.717) is 0 Å². The summed E-state index contributed by atoms with van der Waals surface area (Å²) < 4.78 is 0. The zero-order valence-electron chi connectivity index (χ0n) is 13.4. The average molecular weight is 274 g/mol. The van der Waals surface area contributed by atoms with Crippen molar-refractivity contribution in [3.63, 3.8) is 0 Å². The van der Waals surface area contributed by atoms with Gasteiger partial charge in [-0.25, -0.2) is 0 Å². The highest BCUT2D eigenvalue weighted by atomic mass is 15.2. The minimum atomic E-state index is 0.744. The van der Waals surface area contributed by atoms with Gasteiger partial charge in [0.2, 0.25) is 0 Å². The Hall–Kier alpha value is -0.860. The van der Waals surface area contributed by atoms with Crippen LogP contribution in [0.2, 0.25) is 0 Å². The largest absolute Gasteiger partial charge is 0.317 e. The standard InChI is InChI=1S/C18H30N2/c1-4-18-11-6-15(3)20(18)14-17-9-7-16(8-10-17)12-13-19-5-2/h7-10,15,18-19H,4-6,11-14H2,1-3H3. The van der Waals surface area contributed by atoms with E-state index >= 15 is 0 Å². The molecule has 1 aliphatic rings. The van der Waals surface area contributed by atoms with E-state index in [-0.39, 0.29) is 0 Å². The van der Waals surface area contributed by atoms with Crippen LogP contribution < -0.4 is 5.32 Å². The lowest BCUT2D eigenvalue weighted by Crippen LogP contribution is -2.33. The first kappa shape index (κ1) is 15.5. The van der Waals surface area contributed by atoms with Crippen molar-refractivity contribution in [1.82, 2.24) is 10.2 Å². The molecule has 1 N–H and O–H groups in total. The maximum Gasteiger partial charge on any atom is 0.0239 e. The number of likely N-dealkylation sites (tertiary alicyclic amines) is 1. The molecule has 0 bridgehead atoms. The van der Waals surface area contributed by atoms with Gasteiger partial charge in [0.05, 0.1) is 0 Å². The van der Waals surface area contributed by atoms with Crippen LogP contribution in [-0.4, -0.2) is 30.1 Å². The van der Waals surface area contributed by atoms with Crippen molar-refractivity contribution < 1.29 is 0 Å². The zero-order chi connectivity index (χ0) is 14.4. The van der Waals surface area contributed by atoms with Crippen LogP contribution in [0.4, 0.5) is 0 Å². The molecule has 1 heterocycles. The van der Waals surface area contributed by atoms with E-state index in [1.807, 2.05) is 0 Å². The summed E-state index contributed by atoms with van der Waals surface area (Å²) in [4.78, 5) is 2.69. The summed E-state index contributed by atoms with van der Waals surface area (Å²) in [6.07, 6.45) is 5.15. The average Bonchev–Trinajstić information content (AvgIpc) is 2.82. The van der Waals surface area contributed by atoms with Crippen molar-refractivity contribution in [3.05, 3.63) is 35.4 Å². The molecular weight excluding hydrogens is 244 g/mol. The molecule has 0 saturated carbocycles. The molecule has 1 aromatic carbocycles. The van der Waals surface area contributed by atoms with Gasteiger partial charge >= 0.3 is 0 Å². The fourth-order valence-corrected chi connectivity index (χ4v) is 3.28. The van der Waals surface area contributed by atoms with E-state index in [0.717, 1.165) is 38.1 Å². The quantitative estimate of drug-likeness (QED) is 0.764. The summed E-state index contributed by atoms with van der Waals surface area (Å²) >= 11 is 0. The third-order valence-corrected chi connectivity index (χ3v) is 4.65. The molecule has 1 saturated heterocycles. The third-order valence-electron chi connectivity index (χ3n) is 4.65. The van der Waals surface area contributed by atoms with Crippen molar-refractivity contribution in [3.8, 4) is 0 Å². The summed E-state index contributed by atoms with van der Waals surface area (Å²) in [5, 5.41) is 3.38. The van der Waals surface area contributed by atoms with Gasteiger partial charge in [0.25, 0.3) is 0 Å². The monoisotopic (exact) mass is 274 g/mol. The first-order valence-corrected chi connectivity index (χ1v) is 8.28. The smallest absolute Gasteiger partial charge is 0.0239 e. The molecule has 20 heavy (non-hydrogen) atoms. The topological polar surface area (TPSA) is 15.3 Å². The Morgan fingerprint density at radius 1 is 1.10 bits per heavy atom. The molecule has 2 heteroatoms. The van der Waals surface area contributed by atoms with Crippen LogP contribution in [0.3, 0.4) is 0 Å². The maximum absolute atomic E-state index is 3.38. The van der Waals surface area contributed by atoms with Gasteiger partial charge in [-0.2, -0.15) is 0 Å². The third kappa shape index (κ3) is 4.07. The van der Waals surface area contributed by atoms with Crippen molar-refractivity contribution in [1.29, 1.82) is 0 Å². The second-order valence-corrected chi connectivity index (χ2v) is 6.08. The summed E-state index contributed by atoms with van der Waals surface area (Å²) in [5.41, 5.74) is 2.90. The number of benzene rings is 1. The molecule has 2 rings (SSSR count). The maximum atomic E-state index is 3.38. The predicted octanol–water partition coefficient (Wildman–Crippen LogP) is 3.60. The first-order valence-electron chi connectivity index (χ1n) is 8.28. The Bertz CT molecular complexity index is 385. The van der Waals surface area contributed by atoms with Crippen molar-refractivity contribution in [2.45, 2.75) is 65.1 Å². The van der Waals surface area contributed by atoms with Crippen LogP contribution in [0.15, 0.2) is 24.3 Å². The van der Waals surface area contributed by atoms with E-state index in [1.165, 1.54) is 30.4 Å². The van der Waals surface area contributed by atoms with Gasteiger partial charge in [0, 0.05) is 18.6 Å². The number of hydrogen-bond donors (Lipinski definition) is 1. The van der Waals surface area contributed by atoms with Crippen LogP contribution >= 0.6 is 0 Å². The summed E-state index contributed by atoms with van der Waals surface area (Å²) in [7, 11) is 0. The molecule has 1 aliphatic heterocycles. The molecule has 0 aromatic heterocycles. The Morgan fingerprint density at radius 2 is 1.80 bits per heavy atom. The van der Waals surface area contributed by atoms with E-state index in [4.69, 9.17) is 0 Å². The SMILES string of the molecule is CCNCCc1ccc(CN2C(C)CCC2CC)cc1. The molecule has 112 valence electrons. The first-order chi connectivity index (χ1) is 9.74. The minimum Gasteiger partial charge on any atom is -0.317 e. The molecule has 0 spiro atoms. The molecule has 1 fully saturated rings.